The Labute approximate surface area is 175 Å². The molecule has 2 aromatic carbocycles. The molecule has 0 spiro atoms. The van der Waals surface area contributed by atoms with Gasteiger partial charge < -0.3 is 19.8 Å². The molecule has 6 nitrogen and oxygen atoms in total. The molecule has 0 fully saturated rings. The minimum Gasteiger partial charge on any atom is -0.493 e. The van der Waals surface area contributed by atoms with Gasteiger partial charge in [0.1, 0.15) is 11.5 Å². The molecule has 1 amide bonds. The number of hydrogen-bond acceptors (Lipinski definition) is 4. The molecule has 1 aliphatic rings. The second kappa shape index (κ2) is 8.36. The number of carbonyl (C=O) groups excluding carboxylic acids is 1. The third-order valence-electron chi connectivity index (χ3n) is 5.66. The van der Waals surface area contributed by atoms with Gasteiger partial charge in [0.2, 0.25) is 0 Å². The van der Waals surface area contributed by atoms with Gasteiger partial charge in [-0.3, -0.25) is 9.69 Å². The van der Waals surface area contributed by atoms with E-state index in [9.17, 15) is 9.18 Å². The van der Waals surface area contributed by atoms with Crippen LogP contribution in [0.4, 0.5) is 4.39 Å². The van der Waals surface area contributed by atoms with Gasteiger partial charge in [-0.05, 0) is 60.4 Å². The summed E-state index contributed by atoms with van der Waals surface area (Å²) in [7, 11) is 3.29. The lowest BCUT2D eigenvalue weighted by molar-refractivity contribution is 0.0943. The Morgan fingerprint density at radius 1 is 1.13 bits per heavy atom. The number of amides is 1. The summed E-state index contributed by atoms with van der Waals surface area (Å²) < 4.78 is 24.4. The minimum absolute atomic E-state index is 0.185. The first-order valence-corrected chi connectivity index (χ1v) is 10.0. The third-order valence-corrected chi connectivity index (χ3v) is 5.66. The Morgan fingerprint density at radius 2 is 1.87 bits per heavy atom. The number of aromatic nitrogens is 1. The average molecular weight is 411 g/mol. The number of aryl methyl sites for hydroxylation is 1. The number of H-pyrrole nitrogens is 1. The van der Waals surface area contributed by atoms with Crippen molar-refractivity contribution in [3.05, 3.63) is 58.5 Å². The topological polar surface area (TPSA) is 66.6 Å². The van der Waals surface area contributed by atoms with Crippen molar-refractivity contribution in [2.24, 2.45) is 0 Å². The van der Waals surface area contributed by atoms with E-state index in [1.54, 1.807) is 20.3 Å². The smallest absolute Gasteiger partial charge is 0.267 e. The zero-order valence-corrected chi connectivity index (χ0v) is 17.5. The highest BCUT2D eigenvalue weighted by atomic mass is 19.1. The Bertz CT molecular complexity index is 1090. The number of nitrogens with one attached hydrogen (secondary N) is 2. The molecule has 4 rings (SSSR count). The van der Waals surface area contributed by atoms with Crippen molar-refractivity contribution in [3.63, 3.8) is 0 Å². The maximum Gasteiger partial charge on any atom is 0.267 e. The van der Waals surface area contributed by atoms with E-state index in [4.69, 9.17) is 9.47 Å². The van der Waals surface area contributed by atoms with Crippen LogP contribution in [0.2, 0.25) is 0 Å². The summed E-state index contributed by atoms with van der Waals surface area (Å²) in [6.45, 7) is 4.83. The maximum absolute atomic E-state index is 13.6. The number of aromatic amines is 1. The molecule has 1 aromatic heterocycles. The second-order valence-electron chi connectivity index (χ2n) is 7.62. The van der Waals surface area contributed by atoms with E-state index in [2.05, 4.69) is 15.2 Å². The molecular weight excluding hydrogens is 385 g/mol. The number of nitrogens with zero attached hydrogens (tertiary/aromatic N) is 1. The highest BCUT2D eigenvalue weighted by Gasteiger charge is 2.19. The zero-order chi connectivity index (χ0) is 21.3. The van der Waals surface area contributed by atoms with Crippen molar-refractivity contribution in [1.29, 1.82) is 0 Å². The summed E-state index contributed by atoms with van der Waals surface area (Å²) in [5, 5.41) is 3.82. The van der Waals surface area contributed by atoms with Gasteiger partial charge in [-0.1, -0.05) is 0 Å². The molecule has 2 N–H and O–H groups in total. The predicted octanol–water partition coefficient (Wildman–Crippen LogP) is 3.42. The zero-order valence-electron chi connectivity index (χ0n) is 17.5. The number of carbonyl (C=O) groups is 1. The molecular formula is C23H26FN3O3. The van der Waals surface area contributed by atoms with Gasteiger partial charge in [-0.25, -0.2) is 4.39 Å². The van der Waals surface area contributed by atoms with Crippen LogP contribution < -0.4 is 14.8 Å². The van der Waals surface area contributed by atoms with E-state index >= 15 is 0 Å². The van der Waals surface area contributed by atoms with E-state index in [-0.39, 0.29) is 11.7 Å². The summed E-state index contributed by atoms with van der Waals surface area (Å²) in [5.41, 5.74) is 4.38. The predicted molar refractivity (Wildman–Crippen MR) is 114 cm³/mol. The number of ether oxygens (including phenoxy) is 2. The fraction of sp³-hybridized carbons (Fsp3) is 0.348. The van der Waals surface area contributed by atoms with Crippen LogP contribution in [0.15, 0.2) is 30.3 Å². The van der Waals surface area contributed by atoms with Gasteiger partial charge in [-0.15, -0.1) is 0 Å². The molecule has 30 heavy (non-hydrogen) atoms. The normalized spacial score (nSPS) is 13.9. The first-order valence-electron chi connectivity index (χ1n) is 10.0. The van der Waals surface area contributed by atoms with Crippen LogP contribution in [0.1, 0.15) is 27.2 Å². The van der Waals surface area contributed by atoms with Crippen molar-refractivity contribution in [2.75, 3.05) is 33.9 Å². The largest absolute Gasteiger partial charge is 0.493 e. The van der Waals surface area contributed by atoms with Crippen molar-refractivity contribution < 1.29 is 18.7 Å². The highest BCUT2D eigenvalue weighted by molar-refractivity contribution is 5.98. The standard InChI is InChI=1S/C23H26FN3O3/c1-14-8-17(24)11-19-18(14)12-20(26-19)23(28)25-5-7-27-6-4-15-9-21(29-2)22(30-3)10-16(15)13-27/h8-12,26H,4-7,13H2,1-3H3,(H,25,28). The van der Waals surface area contributed by atoms with Crippen molar-refractivity contribution in [1.82, 2.24) is 15.2 Å². The van der Waals surface area contributed by atoms with Gasteiger partial charge in [0.05, 0.1) is 14.2 Å². The summed E-state index contributed by atoms with van der Waals surface area (Å²) in [5.74, 6) is 0.991. The highest BCUT2D eigenvalue weighted by Crippen LogP contribution is 2.33. The lowest BCUT2D eigenvalue weighted by Crippen LogP contribution is -2.37. The monoisotopic (exact) mass is 411 g/mol. The van der Waals surface area contributed by atoms with Gasteiger partial charge in [0.15, 0.2) is 11.5 Å². The number of hydrogen-bond donors (Lipinski definition) is 2. The molecule has 7 heteroatoms. The SMILES string of the molecule is COc1cc2c(cc1OC)CN(CCNC(=O)c1cc3c(C)cc(F)cc3[nH]1)CC2. The van der Waals surface area contributed by atoms with E-state index in [0.29, 0.717) is 17.8 Å². The fourth-order valence-corrected chi connectivity index (χ4v) is 4.05. The molecule has 0 unspecified atom stereocenters. The summed E-state index contributed by atoms with van der Waals surface area (Å²) in [6, 6.07) is 8.74. The molecule has 0 aliphatic carbocycles. The van der Waals surface area contributed by atoms with Gasteiger partial charge in [0.25, 0.3) is 5.91 Å². The Morgan fingerprint density at radius 3 is 2.60 bits per heavy atom. The summed E-state index contributed by atoms with van der Waals surface area (Å²) in [4.78, 5) is 17.8. The third kappa shape index (κ3) is 3.98. The number of methoxy groups -OCH3 is 2. The van der Waals surface area contributed by atoms with Gasteiger partial charge in [-0.2, -0.15) is 0 Å². The first kappa shape index (κ1) is 20.2. The van der Waals surface area contributed by atoms with E-state index in [1.807, 2.05) is 19.1 Å². The summed E-state index contributed by atoms with van der Waals surface area (Å²) >= 11 is 0. The molecule has 0 saturated heterocycles. The number of halogens is 1. The average Bonchev–Trinajstić information content (AvgIpc) is 3.17. The van der Waals surface area contributed by atoms with Crippen LogP contribution in [0.5, 0.6) is 11.5 Å². The molecule has 2 heterocycles. The lowest BCUT2D eigenvalue weighted by Gasteiger charge is -2.29. The van der Waals surface area contributed by atoms with Crippen molar-refractivity contribution in [2.45, 2.75) is 19.9 Å². The Kier molecular flexibility index (Phi) is 5.63. The van der Waals surface area contributed by atoms with E-state index in [0.717, 1.165) is 48.5 Å². The number of fused-ring (bicyclic) bond motifs is 2. The van der Waals surface area contributed by atoms with Crippen LogP contribution >= 0.6 is 0 Å². The molecule has 1 aliphatic heterocycles. The quantitative estimate of drug-likeness (QED) is 0.652. The molecule has 158 valence electrons. The van der Waals surface area contributed by atoms with Crippen molar-refractivity contribution >= 4 is 16.8 Å². The first-order chi connectivity index (χ1) is 14.5. The van der Waals surface area contributed by atoms with Crippen LogP contribution in [0, 0.1) is 12.7 Å². The molecule has 0 bridgehead atoms. The van der Waals surface area contributed by atoms with Crippen LogP contribution in [-0.2, 0) is 13.0 Å². The van der Waals surface area contributed by atoms with E-state index in [1.165, 1.54) is 23.3 Å². The molecule has 0 atom stereocenters. The molecule has 3 aromatic rings. The van der Waals surface area contributed by atoms with Gasteiger partial charge in [0, 0.05) is 37.1 Å². The fourth-order valence-electron chi connectivity index (χ4n) is 4.05. The molecule has 0 saturated carbocycles. The Hall–Kier alpha value is -3.06. The van der Waals surface area contributed by atoms with Crippen LogP contribution in [0.3, 0.4) is 0 Å². The maximum atomic E-state index is 13.6. The Balaban J connectivity index is 1.36. The van der Waals surface area contributed by atoms with Crippen LogP contribution in [0.25, 0.3) is 10.9 Å². The van der Waals surface area contributed by atoms with E-state index < -0.39 is 0 Å². The van der Waals surface area contributed by atoms with Crippen LogP contribution in [-0.4, -0.2) is 49.6 Å². The number of benzene rings is 2. The minimum atomic E-state index is -0.312. The molecule has 0 radical (unpaired) electrons. The summed E-state index contributed by atoms with van der Waals surface area (Å²) in [6.07, 6.45) is 0.927. The van der Waals surface area contributed by atoms with Crippen molar-refractivity contribution in [3.8, 4) is 11.5 Å². The van der Waals surface area contributed by atoms with Gasteiger partial charge >= 0.3 is 0 Å². The number of rotatable bonds is 6. The lowest BCUT2D eigenvalue weighted by atomic mass is 9.99. The second-order valence-corrected chi connectivity index (χ2v) is 7.62.